The normalized spacial score (nSPS) is 12.1. The quantitative estimate of drug-likeness (QED) is 0.692. The molecule has 1 aromatic rings. The standard InChI is InChI=1S/C10H12FN3O4S2/c11-9-3-1-4-10(8(9)7-12)20(17,18)14-5-2-6-19(13,15)16/h1,3-4,14H,2,5-6H2,(H2,13,15,16). The lowest BCUT2D eigenvalue weighted by Crippen LogP contribution is -2.28. The van der Waals surface area contributed by atoms with Gasteiger partial charge >= 0.3 is 0 Å². The predicted octanol–water partition coefficient (Wildman–Crippen LogP) is -0.346. The van der Waals surface area contributed by atoms with E-state index in [-0.39, 0.29) is 18.7 Å². The number of hydrogen-bond donors (Lipinski definition) is 2. The average Bonchev–Trinajstić information content (AvgIpc) is 2.33. The molecule has 0 saturated carbocycles. The number of primary sulfonamides is 1. The van der Waals surface area contributed by atoms with Crippen molar-refractivity contribution in [1.82, 2.24) is 4.72 Å². The maximum atomic E-state index is 13.3. The van der Waals surface area contributed by atoms with Crippen molar-refractivity contribution in [2.24, 2.45) is 5.14 Å². The van der Waals surface area contributed by atoms with Gasteiger partial charge in [-0.05, 0) is 18.6 Å². The van der Waals surface area contributed by atoms with E-state index in [4.69, 9.17) is 10.4 Å². The third kappa shape index (κ3) is 4.53. The van der Waals surface area contributed by atoms with Crippen molar-refractivity contribution >= 4 is 20.0 Å². The molecule has 0 unspecified atom stereocenters. The molecular formula is C10H12FN3O4S2. The molecule has 1 aromatic carbocycles. The highest BCUT2D eigenvalue weighted by molar-refractivity contribution is 7.89. The van der Waals surface area contributed by atoms with Gasteiger partial charge in [0, 0.05) is 6.54 Å². The van der Waals surface area contributed by atoms with Crippen molar-refractivity contribution in [3.05, 3.63) is 29.6 Å². The summed E-state index contributed by atoms with van der Waals surface area (Å²) in [5.74, 6) is -1.33. The number of halogens is 1. The van der Waals surface area contributed by atoms with Gasteiger partial charge < -0.3 is 0 Å². The number of hydrogen-bond acceptors (Lipinski definition) is 5. The Labute approximate surface area is 116 Å². The molecule has 20 heavy (non-hydrogen) atoms. The fourth-order valence-corrected chi connectivity index (χ4v) is 3.18. The molecule has 0 radical (unpaired) electrons. The molecule has 10 heteroatoms. The summed E-state index contributed by atoms with van der Waals surface area (Å²) in [4.78, 5) is -0.490. The average molecular weight is 321 g/mol. The summed E-state index contributed by atoms with van der Waals surface area (Å²) in [6.07, 6.45) is -0.0325. The zero-order chi connectivity index (χ0) is 15.4. The van der Waals surface area contributed by atoms with E-state index in [9.17, 15) is 21.2 Å². The largest absolute Gasteiger partial charge is 0.241 e. The number of benzene rings is 1. The highest BCUT2D eigenvalue weighted by atomic mass is 32.2. The molecular weight excluding hydrogens is 309 g/mol. The number of nitrogens with zero attached hydrogens (tertiary/aromatic N) is 1. The fourth-order valence-electron chi connectivity index (χ4n) is 1.39. The van der Waals surface area contributed by atoms with Crippen molar-refractivity contribution in [3.63, 3.8) is 0 Å². The third-order valence-electron chi connectivity index (χ3n) is 2.27. The van der Waals surface area contributed by atoms with Crippen LogP contribution < -0.4 is 9.86 Å². The number of nitriles is 1. The topological polar surface area (TPSA) is 130 Å². The smallest absolute Gasteiger partial charge is 0.229 e. The fraction of sp³-hybridized carbons (Fsp3) is 0.300. The molecule has 7 nitrogen and oxygen atoms in total. The summed E-state index contributed by atoms with van der Waals surface area (Å²) < 4.78 is 60.5. The van der Waals surface area contributed by atoms with Crippen LogP contribution in [0.5, 0.6) is 0 Å². The van der Waals surface area contributed by atoms with Crippen LogP contribution in [0.1, 0.15) is 12.0 Å². The molecule has 110 valence electrons. The van der Waals surface area contributed by atoms with E-state index >= 15 is 0 Å². The van der Waals surface area contributed by atoms with Gasteiger partial charge in [0.25, 0.3) is 0 Å². The predicted molar refractivity (Wildman–Crippen MR) is 68.9 cm³/mol. The lowest BCUT2D eigenvalue weighted by Gasteiger charge is -2.08. The van der Waals surface area contributed by atoms with Crippen molar-refractivity contribution in [2.75, 3.05) is 12.3 Å². The monoisotopic (exact) mass is 321 g/mol. The molecule has 3 N–H and O–H groups in total. The molecule has 0 amide bonds. The Balaban J connectivity index is 2.86. The number of nitrogens with one attached hydrogen (secondary N) is 1. The Morgan fingerprint density at radius 1 is 1.30 bits per heavy atom. The highest BCUT2D eigenvalue weighted by Crippen LogP contribution is 2.17. The van der Waals surface area contributed by atoms with E-state index in [2.05, 4.69) is 4.72 Å². The number of rotatable bonds is 6. The summed E-state index contributed by atoms with van der Waals surface area (Å²) in [6.45, 7) is -0.194. The molecule has 0 saturated heterocycles. The maximum absolute atomic E-state index is 13.3. The SMILES string of the molecule is N#Cc1c(F)cccc1S(=O)(=O)NCCCS(N)(=O)=O. The van der Waals surface area contributed by atoms with Gasteiger partial charge in [-0.3, -0.25) is 0 Å². The summed E-state index contributed by atoms with van der Waals surface area (Å²) in [5.41, 5.74) is -0.591. The second-order valence-electron chi connectivity index (χ2n) is 3.84. The van der Waals surface area contributed by atoms with E-state index in [0.29, 0.717) is 0 Å². The third-order valence-corrected chi connectivity index (χ3v) is 4.64. The highest BCUT2D eigenvalue weighted by Gasteiger charge is 2.20. The van der Waals surface area contributed by atoms with Crippen LogP contribution in [0.3, 0.4) is 0 Å². The zero-order valence-electron chi connectivity index (χ0n) is 10.2. The minimum atomic E-state index is -4.09. The van der Waals surface area contributed by atoms with Crippen molar-refractivity contribution < 1.29 is 21.2 Å². The molecule has 0 heterocycles. The summed E-state index contributed by atoms with van der Waals surface area (Å²) in [6, 6.07) is 4.69. The Bertz CT molecular complexity index is 738. The van der Waals surface area contributed by atoms with Gasteiger partial charge in [0.1, 0.15) is 22.3 Å². The van der Waals surface area contributed by atoms with Crippen LogP contribution in [-0.2, 0) is 20.0 Å². The Morgan fingerprint density at radius 3 is 2.50 bits per heavy atom. The van der Waals surface area contributed by atoms with E-state index in [0.717, 1.165) is 18.2 Å². The summed E-state index contributed by atoms with van der Waals surface area (Å²) >= 11 is 0. The Morgan fingerprint density at radius 2 is 1.95 bits per heavy atom. The lowest BCUT2D eigenvalue weighted by atomic mass is 10.2. The summed E-state index contributed by atoms with van der Waals surface area (Å²) in [7, 11) is -7.76. The first kappa shape index (κ1) is 16.5. The van der Waals surface area contributed by atoms with Crippen molar-refractivity contribution in [1.29, 1.82) is 5.26 Å². The van der Waals surface area contributed by atoms with Gasteiger partial charge in [-0.1, -0.05) is 6.07 Å². The lowest BCUT2D eigenvalue weighted by molar-refractivity contribution is 0.573. The van der Waals surface area contributed by atoms with Crippen molar-refractivity contribution in [3.8, 4) is 6.07 Å². The Kier molecular flexibility index (Phi) is 5.18. The molecule has 0 aliphatic rings. The molecule has 0 bridgehead atoms. The maximum Gasteiger partial charge on any atom is 0.241 e. The first-order chi connectivity index (χ1) is 9.17. The van der Waals surface area contributed by atoms with E-state index < -0.39 is 36.3 Å². The van der Waals surface area contributed by atoms with E-state index in [1.165, 1.54) is 6.07 Å². The van der Waals surface area contributed by atoms with Crippen LogP contribution >= 0.6 is 0 Å². The number of nitrogens with two attached hydrogens (primary N) is 1. The first-order valence-electron chi connectivity index (χ1n) is 5.36. The molecule has 0 aliphatic heterocycles. The van der Waals surface area contributed by atoms with E-state index in [1.54, 1.807) is 0 Å². The van der Waals surface area contributed by atoms with Gasteiger partial charge in [0.2, 0.25) is 20.0 Å². The molecule has 0 aromatic heterocycles. The molecule has 0 fully saturated rings. The second-order valence-corrected chi connectivity index (χ2v) is 7.31. The zero-order valence-corrected chi connectivity index (χ0v) is 11.8. The van der Waals surface area contributed by atoms with Crippen LogP contribution in [0.25, 0.3) is 0 Å². The van der Waals surface area contributed by atoms with Gasteiger partial charge in [0.15, 0.2) is 0 Å². The van der Waals surface area contributed by atoms with E-state index in [1.807, 2.05) is 0 Å². The van der Waals surface area contributed by atoms with Crippen LogP contribution in [0.15, 0.2) is 23.1 Å². The Hall–Kier alpha value is -1.54. The van der Waals surface area contributed by atoms with Crippen LogP contribution in [0.4, 0.5) is 4.39 Å². The molecule has 0 spiro atoms. The van der Waals surface area contributed by atoms with Crippen LogP contribution in [0.2, 0.25) is 0 Å². The number of sulfonamides is 2. The van der Waals surface area contributed by atoms with Crippen LogP contribution in [-0.4, -0.2) is 29.1 Å². The molecule has 0 aliphatic carbocycles. The molecule has 1 rings (SSSR count). The first-order valence-corrected chi connectivity index (χ1v) is 8.56. The van der Waals surface area contributed by atoms with Gasteiger partial charge in [-0.25, -0.2) is 31.1 Å². The van der Waals surface area contributed by atoms with Gasteiger partial charge in [-0.15, -0.1) is 0 Å². The summed E-state index contributed by atoms with van der Waals surface area (Å²) in [5, 5.41) is 13.5. The van der Waals surface area contributed by atoms with Gasteiger partial charge in [0.05, 0.1) is 5.75 Å². The molecule has 0 atom stereocenters. The minimum Gasteiger partial charge on any atom is -0.229 e. The van der Waals surface area contributed by atoms with Crippen LogP contribution in [0, 0.1) is 17.1 Å². The second kappa shape index (κ2) is 6.27. The van der Waals surface area contributed by atoms with Gasteiger partial charge in [-0.2, -0.15) is 5.26 Å². The van der Waals surface area contributed by atoms with Crippen molar-refractivity contribution in [2.45, 2.75) is 11.3 Å². The minimum absolute atomic E-state index is 0.0325.